The zero-order valence-electron chi connectivity index (χ0n) is 10.5. The van der Waals surface area contributed by atoms with E-state index in [0.717, 1.165) is 24.8 Å². The molecule has 98 valence electrons. The van der Waals surface area contributed by atoms with Crippen molar-refractivity contribution in [3.05, 3.63) is 33.4 Å². The van der Waals surface area contributed by atoms with E-state index in [1.165, 1.54) is 6.07 Å². The average molecular weight is 251 g/mol. The second-order valence-corrected chi connectivity index (χ2v) is 4.82. The first-order chi connectivity index (χ1) is 8.49. The van der Waals surface area contributed by atoms with Gasteiger partial charge in [-0.3, -0.25) is 10.1 Å². The zero-order chi connectivity index (χ0) is 13.3. The van der Waals surface area contributed by atoms with Crippen molar-refractivity contribution in [2.75, 3.05) is 0 Å². The van der Waals surface area contributed by atoms with Crippen LogP contribution in [0.15, 0.2) is 12.1 Å². The molecule has 1 fully saturated rings. The summed E-state index contributed by atoms with van der Waals surface area (Å²) in [6, 6.07) is 3.20. The number of aliphatic hydroxyl groups is 1. The molecule has 0 radical (unpaired) electrons. The van der Waals surface area contributed by atoms with E-state index in [9.17, 15) is 15.2 Å². The molecule has 1 aliphatic carbocycles. The monoisotopic (exact) mass is 251 g/mol. The van der Waals surface area contributed by atoms with E-state index in [4.69, 9.17) is 4.74 Å². The zero-order valence-corrected chi connectivity index (χ0v) is 10.5. The van der Waals surface area contributed by atoms with Crippen LogP contribution in [0.3, 0.4) is 0 Å². The summed E-state index contributed by atoms with van der Waals surface area (Å²) < 4.78 is 5.76. The fraction of sp³-hybridized carbons (Fsp3) is 0.538. The highest BCUT2D eigenvalue weighted by atomic mass is 16.6. The molecule has 1 aromatic rings. The molecule has 0 bridgehead atoms. The second kappa shape index (κ2) is 4.94. The van der Waals surface area contributed by atoms with Gasteiger partial charge in [-0.2, -0.15) is 0 Å². The Kier molecular flexibility index (Phi) is 3.52. The summed E-state index contributed by atoms with van der Waals surface area (Å²) in [4.78, 5) is 10.4. The van der Waals surface area contributed by atoms with Gasteiger partial charge < -0.3 is 9.84 Å². The van der Waals surface area contributed by atoms with E-state index in [2.05, 4.69) is 0 Å². The first-order valence-corrected chi connectivity index (χ1v) is 6.09. The summed E-state index contributed by atoms with van der Waals surface area (Å²) in [7, 11) is 0. The molecule has 1 aromatic carbocycles. The van der Waals surface area contributed by atoms with Crippen LogP contribution in [0.5, 0.6) is 5.75 Å². The number of rotatable bonds is 3. The Morgan fingerprint density at radius 2 is 2.06 bits per heavy atom. The van der Waals surface area contributed by atoms with Crippen molar-refractivity contribution in [1.82, 2.24) is 0 Å². The predicted molar refractivity (Wildman–Crippen MR) is 66.8 cm³/mol. The van der Waals surface area contributed by atoms with E-state index in [-0.39, 0.29) is 11.8 Å². The predicted octanol–water partition coefficient (Wildman–Crippen LogP) is 2.50. The van der Waals surface area contributed by atoms with Crippen molar-refractivity contribution in [2.45, 2.75) is 45.3 Å². The molecule has 5 heteroatoms. The van der Waals surface area contributed by atoms with Crippen molar-refractivity contribution in [1.29, 1.82) is 0 Å². The van der Waals surface area contributed by atoms with Crippen LogP contribution in [0.2, 0.25) is 0 Å². The molecule has 1 aliphatic rings. The number of aliphatic hydroxyl groups excluding tert-OH is 1. The van der Waals surface area contributed by atoms with Crippen molar-refractivity contribution in [3.8, 4) is 5.75 Å². The van der Waals surface area contributed by atoms with Crippen LogP contribution in [0.25, 0.3) is 0 Å². The number of hydrogen-bond acceptors (Lipinski definition) is 4. The number of nitro benzene ring substituents is 1. The molecule has 18 heavy (non-hydrogen) atoms. The van der Waals surface area contributed by atoms with Crippen molar-refractivity contribution >= 4 is 5.69 Å². The summed E-state index contributed by atoms with van der Waals surface area (Å²) >= 11 is 0. The maximum absolute atomic E-state index is 10.8. The Hall–Kier alpha value is -1.62. The van der Waals surface area contributed by atoms with Gasteiger partial charge in [-0.15, -0.1) is 0 Å². The number of hydrogen-bond donors (Lipinski definition) is 1. The van der Waals surface area contributed by atoms with Gasteiger partial charge in [-0.25, -0.2) is 0 Å². The minimum Gasteiger partial charge on any atom is -0.487 e. The smallest absolute Gasteiger partial charge is 0.272 e. The number of benzene rings is 1. The highest BCUT2D eigenvalue weighted by molar-refractivity contribution is 5.49. The molecule has 5 nitrogen and oxygen atoms in total. The van der Waals surface area contributed by atoms with Crippen LogP contribution < -0.4 is 4.74 Å². The normalized spacial score (nSPS) is 23.1. The summed E-state index contributed by atoms with van der Waals surface area (Å²) in [5.74, 6) is 0.629. The molecule has 0 amide bonds. The first-order valence-electron chi connectivity index (χ1n) is 6.09. The fourth-order valence-corrected chi connectivity index (χ4v) is 2.31. The van der Waals surface area contributed by atoms with Crippen molar-refractivity contribution < 1.29 is 14.8 Å². The van der Waals surface area contributed by atoms with Crippen LogP contribution in [0, 0.1) is 24.0 Å². The maximum Gasteiger partial charge on any atom is 0.272 e. The van der Waals surface area contributed by atoms with Gasteiger partial charge in [0.25, 0.3) is 5.69 Å². The van der Waals surface area contributed by atoms with Gasteiger partial charge in [-0.1, -0.05) is 0 Å². The summed E-state index contributed by atoms with van der Waals surface area (Å²) in [6.45, 7) is 3.47. The summed E-state index contributed by atoms with van der Waals surface area (Å²) in [6.07, 6.45) is 1.92. The number of nitro groups is 1. The van der Waals surface area contributed by atoms with Crippen molar-refractivity contribution in [2.24, 2.45) is 0 Å². The van der Waals surface area contributed by atoms with E-state index in [0.29, 0.717) is 11.3 Å². The van der Waals surface area contributed by atoms with Crippen LogP contribution >= 0.6 is 0 Å². The number of nitrogens with zero attached hydrogens (tertiary/aromatic N) is 1. The maximum atomic E-state index is 10.8. The molecule has 0 aromatic heterocycles. The highest BCUT2D eigenvalue weighted by Gasteiger charge is 2.27. The largest absolute Gasteiger partial charge is 0.487 e. The second-order valence-electron chi connectivity index (χ2n) is 4.82. The lowest BCUT2D eigenvalue weighted by molar-refractivity contribution is -0.385. The Morgan fingerprint density at radius 1 is 1.33 bits per heavy atom. The third-order valence-corrected chi connectivity index (χ3v) is 3.39. The van der Waals surface area contributed by atoms with Crippen LogP contribution in [0.1, 0.15) is 30.4 Å². The van der Waals surface area contributed by atoms with Crippen molar-refractivity contribution in [3.63, 3.8) is 0 Å². The lowest BCUT2D eigenvalue weighted by Gasteiger charge is -2.19. The average Bonchev–Trinajstić information content (AvgIpc) is 2.69. The summed E-state index contributed by atoms with van der Waals surface area (Å²) in [5.41, 5.74) is 1.41. The van der Waals surface area contributed by atoms with Gasteiger partial charge in [0, 0.05) is 11.6 Å². The van der Waals surface area contributed by atoms with Gasteiger partial charge >= 0.3 is 0 Å². The topological polar surface area (TPSA) is 72.6 Å². The Balaban J connectivity index is 2.23. The van der Waals surface area contributed by atoms with Crippen LogP contribution in [-0.4, -0.2) is 22.2 Å². The summed E-state index contributed by atoms with van der Waals surface area (Å²) in [5, 5.41) is 20.5. The van der Waals surface area contributed by atoms with Gasteiger partial charge in [0.2, 0.25) is 0 Å². The Labute approximate surface area is 106 Å². The Bertz CT molecular complexity index is 472. The minimum absolute atomic E-state index is 0.104. The third-order valence-electron chi connectivity index (χ3n) is 3.39. The fourth-order valence-electron chi connectivity index (χ4n) is 2.31. The van der Waals surface area contributed by atoms with Gasteiger partial charge in [-0.05, 0) is 44.7 Å². The molecule has 1 N–H and O–H groups in total. The Morgan fingerprint density at radius 3 is 2.61 bits per heavy atom. The standard InChI is InChI=1S/C13H17NO4/c1-8-7-13(9(2)6-10(8)14(16)17)18-12-5-3-4-11(12)15/h6-7,11-12,15H,3-5H2,1-2H3/t11-,12-/m1/s1. The third kappa shape index (κ3) is 2.46. The number of aryl methyl sites for hydroxylation is 2. The lowest BCUT2D eigenvalue weighted by Crippen LogP contribution is -2.26. The molecule has 2 atom stereocenters. The van der Waals surface area contributed by atoms with E-state index in [1.54, 1.807) is 19.9 Å². The molecular formula is C13H17NO4. The van der Waals surface area contributed by atoms with Gasteiger partial charge in [0.05, 0.1) is 11.0 Å². The molecule has 2 rings (SSSR count). The number of ether oxygens (including phenoxy) is 1. The molecule has 0 heterocycles. The van der Waals surface area contributed by atoms with Crippen LogP contribution in [-0.2, 0) is 0 Å². The molecule has 0 saturated heterocycles. The molecule has 0 unspecified atom stereocenters. The lowest BCUT2D eigenvalue weighted by atomic mass is 10.1. The van der Waals surface area contributed by atoms with Gasteiger partial charge in [0.15, 0.2) is 0 Å². The molecule has 0 spiro atoms. The minimum atomic E-state index is -0.431. The molecular weight excluding hydrogens is 234 g/mol. The van der Waals surface area contributed by atoms with Gasteiger partial charge in [0.1, 0.15) is 11.9 Å². The van der Waals surface area contributed by atoms with E-state index >= 15 is 0 Å². The van der Waals surface area contributed by atoms with Crippen LogP contribution in [0.4, 0.5) is 5.69 Å². The first kappa shape index (κ1) is 12.8. The molecule has 1 saturated carbocycles. The van der Waals surface area contributed by atoms with E-state index < -0.39 is 11.0 Å². The van der Waals surface area contributed by atoms with E-state index in [1.807, 2.05) is 0 Å². The quantitative estimate of drug-likeness (QED) is 0.661. The highest BCUT2D eigenvalue weighted by Crippen LogP contribution is 2.31. The SMILES string of the molecule is Cc1cc([N+](=O)[O-])c(C)cc1O[C@@H]1CCC[C@H]1O. The molecule has 0 aliphatic heterocycles.